The van der Waals surface area contributed by atoms with Gasteiger partial charge in [-0.3, -0.25) is 14.3 Å². The molecule has 0 saturated heterocycles. The van der Waals surface area contributed by atoms with Crippen LogP contribution in [0.25, 0.3) is 0 Å². The van der Waals surface area contributed by atoms with Crippen LogP contribution in [0.15, 0.2) is 36.7 Å². The molecule has 1 unspecified atom stereocenters. The summed E-state index contributed by atoms with van der Waals surface area (Å²) in [4.78, 5) is 23.1. The van der Waals surface area contributed by atoms with Gasteiger partial charge in [0.25, 0.3) is 0 Å². The van der Waals surface area contributed by atoms with Crippen molar-refractivity contribution in [2.75, 3.05) is 19.0 Å². The fourth-order valence-electron chi connectivity index (χ4n) is 2.16. The fraction of sp³-hybridized carbons (Fsp3) is 0.312. The van der Waals surface area contributed by atoms with Crippen molar-refractivity contribution in [1.29, 1.82) is 0 Å². The highest BCUT2D eigenvalue weighted by molar-refractivity contribution is 5.95. The minimum Gasteiger partial charge on any atom is -0.493 e. The predicted molar refractivity (Wildman–Crippen MR) is 89.4 cm³/mol. The van der Waals surface area contributed by atoms with Crippen molar-refractivity contribution in [3.8, 4) is 5.75 Å². The number of rotatable bonds is 8. The third-order valence-electron chi connectivity index (χ3n) is 3.35. The lowest BCUT2D eigenvalue weighted by Crippen LogP contribution is -2.30. The number of nitrogens with two attached hydrogens (primary N) is 1. The Hall–Kier alpha value is -2.87. The van der Waals surface area contributed by atoms with Crippen LogP contribution in [0.2, 0.25) is 0 Å². The lowest BCUT2D eigenvalue weighted by atomic mass is 10.1. The predicted octanol–water partition coefficient (Wildman–Crippen LogP) is 0.574. The number of aryl methyl sites for hydroxylation is 1. The lowest BCUT2D eigenvalue weighted by molar-refractivity contribution is -0.119. The molecule has 1 heterocycles. The first-order valence-corrected chi connectivity index (χ1v) is 7.47. The third-order valence-corrected chi connectivity index (χ3v) is 3.35. The Bertz CT molecular complexity index is 696. The smallest absolute Gasteiger partial charge is 0.246 e. The van der Waals surface area contributed by atoms with Crippen molar-refractivity contribution in [3.05, 3.63) is 42.2 Å². The summed E-state index contributed by atoms with van der Waals surface area (Å²) in [5, 5.41) is 9.88. The molecule has 0 radical (unpaired) electrons. The van der Waals surface area contributed by atoms with Gasteiger partial charge in [0.2, 0.25) is 11.8 Å². The summed E-state index contributed by atoms with van der Waals surface area (Å²) >= 11 is 0. The Kier molecular flexibility index (Phi) is 5.91. The molecule has 4 N–H and O–H groups in total. The molecule has 2 rings (SSSR count). The van der Waals surface area contributed by atoms with Gasteiger partial charge in [0.05, 0.1) is 19.2 Å². The molecule has 0 aliphatic carbocycles. The van der Waals surface area contributed by atoms with Gasteiger partial charge in [0.1, 0.15) is 11.8 Å². The van der Waals surface area contributed by atoms with E-state index in [9.17, 15) is 9.59 Å². The van der Waals surface area contributed by atoms with E-state index in [2.05, 4.69) is 15.7 Å². The van der Waals surface area contributed by atoms with Gasteiger partial charge < -0.3 is 21.1 Å². The number of anilines is 1. The van der Waals surface area contributed by atoms with Gasteiger partial charge in [-0.1, -0.05) is 0 Å². The molecule has 0 fully saturated rings. The highest BCUT2D eigenvalue weighted by atomic mass is 16.5. The van der Waals surface area contributed by atoms with E-state index in [1.807, 2.05) is 0 Å². The molecule has 0 bridgehead atoms. The Labute approximate surface area is 140 Å². The van der Waals surface area contributed by atoms with Crippen LogP contribution in [0.5, 0.6) is 5.75 Å². The summed E-state index contributed by atoms with van der Waals surface area (Å²) in [5.41, 5.74) is 6.47. The molecule has 24 heavy (non-hydrogen) atoms. The topological polar surface area (TPSA) is 111 Å². The van der Waals surface area contributed by atoms with Crippen LogP contribution < -0.4 is 21.1 Å². The fourth-order valence-corrected chi connectivity index (χ4v) is 2.16. The van der Waals surface area contributed by atoms with E-state index in [4.69, 9.17) is 10.5 Å². The highest BCUT2D eigenvalue weighted by Gasteiger charge is 2.20. The van der Waals surface area contributed by atoms with Crippen LogP contribution >= 0.6 is 0 Å². The zero-order chi connectivity index (χ0) is 17.5. The number of ether oxygens (including phenoxy) is 1. The van der Waals surface area contributed by atoms with Crippen molar-refractivity contribution >= 4 is 17.5 Å². The van der Waals surface area contributed by atoms with Crippen molar-refractivity contribution in [2.45, 2.75) is 12.5 Å². The Morgan fingerprint density at radius 3 is 2.58 bits per heavy atom. The SMILES string of the molecule is CNC(C(=O)Nc1ccc(OCCC(N)=O)cc1)c1cnn(C)c1. The maximum Gasteiger partial charge on any atom is 0.246 e. The van der Waals surface area contributed by atoms with E-state index in [-0.39, 0.29) is 18.9 Å². The molecular weight excluding hydrogens is 310 g/mol. The molecule has 1 atom stereocenters. The summed E-state index contributed by atoms with van der Waals surface area (Å²) in [7, 11) is 3.51. The Morgan fingerprint density at radius 2 is 2.04 bits per heavy atom. The number of aromatic nitrogens is 2. The van der Waals surface area contributed by atoms with E-state index < -0.39 is 11.9 Å². The minimum atomic E-state index is -0.495. The molecule has 2 aromatic rings. The van der Waals surface area contributed by atoms with Crippen LogP contribution in [0.4, 0.5) is 5.69 Å². The van der Waals surface area contributed by atoms with Crippen molar-refractivity contribution < 1.29 is 14.3 Å². The third kappa shape index (κ3) is 4.82. The second-order valence-corrected chi connectivity index (χ2v) is 5.25. The van der Waals surface area contributed by atoms with Gasteiger partial charge in [0, 0.05) is 24.5 Å². The number of amides is 2. The summed E-state index contributed by atoms with van der Waals surface area (Å²) in [6, 6.07) is 6.40. The monoisotopic (exact) mass is 331 g/mol. The van der Waals surface area contributed by atoms with Crippen LogP contribution in [0, 0.1) is 0 Å². The molecule has 0 saturated carbocycles. The standard InChI is InChI=1S/C16H21N5O3/c1-18-15(11-9-19-21(2)10-11)16(23)20-12-3-5-13(6-4-12)24-8-7-14(17)22/h3-6,9-10,15,18H,7-8H2,1-2H3,(H2,17,22)(H,20,23). The first-order valence-electron chi connectivity index (χ1n) is 7.47. The summed E-state index contributed by atoms with van der Waals surface area (Å²) in [5.74, 6) is 0.00645. The van der Waals surface area contributed by atoms with Gasteiger partial charge in [-0.2, -0.15) is 5.10 Å². The van der Waals surface area contributed by atoms with Gasteiger partial charge in [-0.15, -0.1) is 0 Å². The van der Waals surface area contributed by atoms with Crippen molar-refractivity contribution in [2.24, 2.45) is 12.8 Å². The molecule has 0 aliphatic rings. The van der Waals surface area contributed by atoms with E-state index >= 15 is 0 Å². The van der Waals surface area contributed by atoms with Crippen LogP contribution in [0.1, 0.15) is 18.0 Å². The number of likely N-dealkylation sites (N-methyl/N-ethyl adjacent to an activating group) is 1. The second-order valence-electron chi connectivity index (χ2n) is 5.25. The van der Waals surface area contributed by atoms with Crippen LogP contribution in [-0.2, 0) is 16.6 Å². The molecule has 2 amide bonds. The summed E-state index contributed by atoms with van der Waals surface area (Å²) in [6.07, 6.45) is 3.60. The average molecular weight is 331 g/mol. The number of benzene rings is 1. The zero-order valence-electron chi connectivity index (χ0n) is 13.7. The highest BCUT2D eigenvalue weighted by Crippen LogP contribution is 2.18. The number of hydrogen-bond donors (Lipinski definition) is 3. The molecule has 8 heteroatoms. The normalized spacial score (nSPS) is 11.8. The number of primary amides is 1. The minimum absolute atomic E-state index is 0.160. The zero-order valence-corrected chi connectivity index (χ0v) is 13.7. The van der Waals surface area contributed by atoms with Crippen LogP contribution in [0.3, 0.4) is 0 Å². The average Bonchev–Trinajstić information content (AvgIpc) is 2.95. The summed E-state index contributed by atoms with van der Waals surface area (Å²) < 4.78 is 7.02. The first-order chi connectivity index (χ1) is 11.5. The largest absolute Gasteiger partial charge is 0.493 e. The molecule has 128 valence electrons. The van der Waals surface area contributed by atoms with Gasteiger partial charge >= 0.3 is 0 Å². The number of carbonyl (C=O) groups excluding carboxylic acids is 2. The maximum absolute atomic E-state index is 12.4. The Balaban J connectivity index is 1.94. The van der Waals surface area contributed by atoms with E-state index in [1.54, 1.807) is 55.4 Å². The molecule has 8 nitrogen and oxygen atoms in total. The summed E-state index contributed by atoms with van der Waals surface area (Å²) in [6.45, 7) is 0.226. The molecule has 0 aliphatic heterocycles. The molecule has 1 aromatic carbocycles. The van der Waals surface area contributed by atoms with E-state index in [0.29, 0.717) is 11.4 Å². The molecule has 1 aromatic heterocycles. The maximum atomic E-state index is 12.4. The van der Waals surface area contributed by atoms with E-state index in [1.165, 1.54) is 0 Å². The second kappa shape index (κ2) is 8.11. The quantitative estimate of drug-likeness (QED) is 0.655. The number of nitrogens with one attached hydrogen (secondary N) is 2. The van der Waals surface area contributed by atoms with E-state index in [0.717, 1.165) is 5.56 Å². The van der Waals surface area contributed by atoms with Gasteiger partial charge in [-0.05, 0) is 31.3 Å². The Morgan fingerprint density at radius 1 is 1.33 bits per heavy atom. The number of nitrogens with zero attached hydrogens (tertiary/aromatic N) is 2. The lowest BCUT2D eigenvalue weighted by Gasteiger charge is -2.15. The van der Waals surface area contributed by atoms with Crippen molar-refractivity contribution in [1.82, 2.24) is 15.1 Å². The van der Waals surface area contributed by atoms with Gasteiger partial charge in [0.15, 0.2) is 0 Å². The van der Waals surface area contributed by atoms with Gasteiger partial charge in [-0.25, -0.2) is 0 Å². The molecule has 0 spiro atoms. The number of hydrogen-bond acceptors (Lipinski definition) is 5. The van der Waals surface area contributed by atoms with Crippen LogP contribution in [-0.4, -0.2) is 35.2 Å². The molecular formula is C16H21N5O3. The van der Waals surface area contributed by atoms with Crippen molar-refractivity contribution in [3.63, 3.8) is 0 Å². The number of carbonyl (C=O) groups is 2. The first kappa shape index (κ1) is 17.5.